The highest BCUT2D eigenvalue weighted by molar-refractivity contribution is 5.44. The third-order valence-corrected chi connectivity index (χ3v) is 3.83. The van der Waals surface area contributed by atoms with Gasteiger partial charge in [0.05, 0.1) is 0 Å². The van der Waals surface area contributed by atoms with Crippen molar-refractivity contribution in [3.05, 3.63) is 34.9 Å². The molecule has 2 rings (SSSR count). The SMILES string of the molecule is CC(C)C1c2c(cccc2C(C)(C)C)CN1C. The van der Waals surface area contributed by atoms with E-state index in [9.17, 15) is 0 Å². The van der Waals surface area contributed by atoms with E-state index >= 15 is 0 Å². The molecule has 0 fully saturated rings. The van der Waals surface area contributed by atoms with Crippen molar-refractivity contribution in [1.29, 1.82) is 0 Å². The Morgan fingerprint density at radius 2 is 1.88 bits per heavy atom. The summed E-state index contributed by atoms with van der Waals surface area (Å²) >= 11 is 0. The van der Waals surface area contributed by atoms with E-state index in [-0.39, 0.29) is 5.41 Å². The molecule has 0 radical (unpaired) electrons. The van der Waals surface area contributed by atoms with Crippen LogP contribution in [0.3, 0.4) is 0 Å². The summed E-state index contributed by atoms with van der Waals surface area (Å²) < 4.78 is 0. The minimum absolute atomic E-state index is 0.240. The number of benzene rings is 1. The minimum Gasteiger partial charge on any atom is -0.295 e. The zero-order valence-corrected chi connectivity index (χ0v) is 12.0. The van der Waals surface area contributed by atoms with Gasteiger partial charge in [-0.2, -0.15) is 0 Å². The first-order valence-corrected chi connectivity index (χ1v) is 6.65. The molecule has 1 aromatic carbocycles. The summed E-state index contributed by atoms with van der Waals surface area (Å²) in [7, 11) is 2.25. The molecular weight excluding hydrogens is 206 g/mol. The molecule has 0 aromatic heterocycles. The first-order valence-electron chi connectivity index (χ1n) is 6.65. The van der Waals surface area contributed by atoms with Gasteiger partial charge in [-0.3, -0.25) is 4.90 Å². The molecule has 1 unspecified atom stereocenters. The summed E-state index contributed by atoms with van der Waals surface area (Å²) in [6.07, 6.45) is 0. The summed E-state index contributed by atoms with van der Waals surface area (Å²) in [4.78, 5) is 2.49. The van der Waals surface area contributed by atoms with Crippen LogP contribution < -0.4 is 0 Å². The van der Waals surface area contributed by atoms with Crippen LogP contribution in [0.15, 0.2) is 18.2 Å². The molecule has 1 aliphatic heterocycles. The summed E-state index contributed by atoms with van der Waals surface area (Å²) in [5.74, 6) is 0.671. The van der Waals surface area contributed by atoms with Gasteiger partial charge in [0.2, 0.25) is 0 Å². The largest absolute Gasteiger partial charge is 0.295 e. The average Bonchev–Trinajstić information content (AvgIpc) is 2.51. The van der Waals surface area contributed by atoms with Crippen molar-refractivity contribution in [2.24, 2.45) is 5.92 Å². The van der Waals surface area contributed by atoms with E-state index in [2.05, 4.69) is 64.8 Å². The van der Waals surface area contributed by atoms with Crippen LogP contribution in [0.5, 0.6) is 0 Å². The van der Waals surface area contributed by atoms with Crippen molar-refractivity contribution in [2.75, 3.05) is 7.05 Å². The number of fused-ring (bicyclic) bond motifs is 1. The Kier molecular flexibility index (Phi) is 3.07. The number of hydrogen-bond donors (Lipinski definition) is 0. The van der Waals surface area contributed by atoms with Gasteiger partial charge in [-0.15, -0.1) is 0 Å². The van der Waals surface area contributed by atoms with Crippen LogP contribution in [0.1, 0.15) is 57.4 Å². The second kappa shape index (κ2) is 4.13. The van der Waals surface area contributed by atoms with Crippen LogP contribution in [0.4, 0.5) is 0 Å². The Hall–Kier alpha value is -0.820. The number of nitrogens with zero attached hydrogens (tertiary/aromatic N) is 1. The van der Waals surface area contributed by atoms with Gasteiger partial charge in [0.25, 0.3) is 0 Å². The zero-order valence-electron chi connectivity index (χ0n) is 12.0. The summed E-state index contributed by atoms with van der Waals surface area (Å²) in [6, 6.07) is 7.41. The van der Waals surface area contributed by atoms with Crippen molar-refractivity contribution in [2.45, 2.75) is 52.6 Å². The van der Waals surface area contributed by atoms with Crippen LogP contribution >= 0.6 is 0 Å². The second-order valence-electron chi connectivity index (χ2n) is 6.73. The molecule has 0 N–H and O–H groups in total. The Morgan fingerprint density at radius 1 is 1.24 bits per heavy atom. The zero-order chi connectivity index (χ0) is 12.8. The Morgan fingerprint density at radius 3 is 2.41 bits per heavy atom. The van der Waals surface area contributed by atoms with Gasteiger partial charge < -0.3 is 0 Å². The molecule has 0 saturated heterocycles. The van der Waals surface area contributed by atoms with E-state index in [1.807, 2.05) is 0 Å². The quantitative estimate of drug-likeness (QED) is 0.702. The van der Waals surface area contributed by atoms with Gasteiger partial charge in [0.1, 0.15) is 0 Å². The van der Waals surface area contributed by atoms with Crippen molar-refractivity contribution in [3.8, 4) is 0 Å². The highest BCUT2D eigenvalue weighted by Crippen LogP contribution is 2.42. The smallest absolute Gasteiger partial charge is 0.0377 e. The van der Waals surface area contributed by atoms with E-state index in [0.29, 0.717) is 12.0 Å². The molecule has 0 spiro atoms. The predicted octanol–water partition coefficient (Wildman–Crippen LogP) is 4.13. The molecule has 1 heteroatoms. The Balaban J connectivity index is 2.58. The molecule has 1 atom stereocenters. The Labute approximate surface area is 106 Å². The van der Waals surface area contributed by atoms with Crippen molar-refractivity contribution in [1.82, 2.24) is 4.90 Å². The van der Waals surface area contributed by atoms with Crippen molar-refractivity contribution >= 4 is 0 Å². The fraction of sp³-hybridized carbons (Fsp3) is 0.625. The molecule has 1 nitrogen and oxygen atoms in total. The predicted molar refractivity (Wildman–Crippen MR) is 74.2 cm³/mol. The summed E-state index contributed by atoms with van der Waals surface area (Å²) in [6.45, 7) is 12.7. The molecule has 94 valence electrons. The summed E-state index contributed by atoms with van der Waals surface area (Å²) in [5, 5.41) is 0. The van der Waals surface area contributed by atoms with Gasteiger partial charge in [-0.1, -0.05) is 52.8 Å². The molecule has 17 heavy (non-hydrogen) atoms. The topological polar surface area (TPSA) is 3.24 Å². The second-order valence-corrected chi connectivity index (χ2v) is 6.73. The lowest BCUT2D eigenvalue weighted by molar-refractivity contribution is 0.213. The molecule has 1 aromatic rings. The fourth-order valence-corrected chi connectivity index (χ4v) is 3.18. The molecule has 0 bridgehead atoms. The number of hydrogen-bond acceptors (Lipinski definition) is 1. The van der Waals surface area contributed by atoms with Crippen molar-refractivity contribution < 1.29 is 0 Å². The maximum absolute atomic E-state index is 2.49. The first kappa shape index (κ1) is 12.6. The van der Waals surface area contributed by atoms with E-state index in [1.54, 1.807) is 5.56 Å². The fourth-order valence-electron chi connectivity index (χ4n) is 3.18. The van der Waals surface area contributed by atoms with E-state index in [1.165, 1.54) is 11.1 Å². The third kappa shape index (κ3) is 2.13. The van der Waals surface area contributed by atoms with Crippen LogP contribution in [0.2, 0.25) is 0 Å². The van der Waals surface area contributed by atoms with Gasteiger partial charge in [0.15, 0.2) is 0 Å². The lowest BCUT2D eigenvalue weighted by Gasteiger charge is -2.29. The standard InChI is InChI=1S/C16H25N/c1-11(2)15-14-12(10-17(15)6)8-7-9-13(14)16(3,4)5/h7-9,11,15H,10H2,1-6H3. The normalized spacial score (nSPS) is 21.0. The van der Waals surface area contributed by atoms with Gasteiger partial charge in [-0.25, -0.2) is 0 Å². The number of rotatable bonds is 1. The molecule has 1 aliphatic rings. The van der Waals surface area contributed by atoms with Crippen LogP contribution in [0.25, 0.3) is 0 Å². The Bertz CT molecular complexity index is 412. The monoisotopic (exact) mass is 231 g/mol. The third-order valence-electron chi connectivity index (χ3n) is 3.83. The van der Waals surface area contributed by atoms with Crippen LogP contribution in [-0.2, 0) is 12.0 Å². The minimum atomic E-state index is 0.240. The molecule has 0 aliphatic carbocycles. The first-order chi connectivity index (χ1) is 7.82. The highest BCUT2D eigenvalue weighted by Gasteiger charge is 2.34. The van der Waals surface area contributed by atoms with Gasteiger partial charge >= 0.3 is 0 Å². The lowest BCUT2D eigenvalue weighted by atomic mass is 9.79. The average molecular weight is 231 g/mol. The van der Waals surface area contributed by atoms with Crippen LogP contribution in [0, 0.1) is 5.92 Å². The molecule has 0 amide bonds. The van der Waals surface area contributed by atoms with Gasteiger partial charge in [-0.05, 0) is 35.1 Å². The maximum Gasteiger partial charge on any atom is 0.0377 e. The van der Waals surface area contributed by atoms with Crippen LogP contribution in [-0.4, -0.2) is 11.9 Å². The van der Waals surface area contributed by atoms with Crippen molar-refractivity contribution in [3.63, 3.8) is 0 Å². The molecular formula is C16H25N. The lowest BCUT2D eigenvalue weighted by Crippen LogP contribution is -2.24. The van der Waals surface area contributed by atoms with Gasteiger partial charge in [0, 0.05) is 12.6 Å². The highest BCUT2D eigenvalue weighted by atomic mass is 15.2. The molecule has 0 saturated carbocycles. The molecule has 1 heterocycles. The van der Waals surface area contributed by atoms with E-state index in [4.69, 9.17) is 0 Å². The maximum atomic E-state index is 2.49. The van der Waals surface area contributed by atoms with E-state index < -0.39 is 0 Å². The summed E-state index contributed by atoms with van der Waals surface area (Å²) in [5.41, 5.74) is 4.89. The van der Waals surface area contributed by atoms with E-state index in [0.717, 1.165) is 6.54 Å².